The van der Waals surface area contributed by atoms with E-state index in [-0.39, 0.29) is 17.3 Å². The summed E-state index contributed by atoms with van der Waals surface area (Å²) >= 11 is 1.50. The summed E-state index contributed by atoms with van der Waals surface area (Å²) in [5, 5.41) is 0. The summed E-state index contributed by atoms with van der Waals surface area (Å²) in [7, 11) is -3.51. The Labute approximate surface area is 162 Å². The number of esters is 1. The number of ether oxygens (including phenoxy) is 1. The van der Waals surface area contributed by atoms with Crippen LogP contribution in [0.3, 0.4) is 0 Å². The molecule has 0 unspecified atom stereocenters. The van der Waals surface area contributed by atoms with E-state index in [0.29, 0.717) is 24.2 Å². The molecule has 1 aliphatic heterocycles. The molecule has 1 aliphatic rings. The number of rotatable bonds is 6. The molecule has 8 heteroatoms. The number of ketones is 1. The summed E-state index contributed by atoms with van der Waals surface area (Å²) in [5.74, 6) is -0.906. The number of aryl methyl sites for hydroxylation is 2. The quantitative estimate of drug-likeness (QED) is 0.543. The largest absolute Gasteiger partial charge is 0.454 e. The van der Waals surface area contributed by atoms with Gasteiger partial charge in [-0.25, -0.2) is 13.2 Å². The number of nitrogens with zero attached hydrogens (tertiary/aromatic N) is 1. The molecule has 2 aromatic rings. The SMILES string of the molecule is Cc1cc(C(=O)OCC(=O)c2ccc(S(=O)(=O)N3CCCC3)cc2)c(C)s1. The molecule has 1 fully saturated rings. The fourth-order valence-corrected chi connectivity index (χ4v) is 5.45. The smallest absolute Gasteiger partial charge is 0.339 e. The number of Topliss-reactive ketones (excluding diaryl/α,β-unsaturated/α-hetero) is 1. The Balaban J connectivity index is 1.64. The first-order chi connectivity index (χ1) is 12.8. The van der Waals surface area contributed by atoms with Gasteiger partial charge in [0.2, 0.25) is 10.0 Å². The van der Waals surface area contributed by atoms with Crippen LogP contribution in [0.5, 0.6) is 0 Å². The van der Waals surface area contributed by atoms with Crippen molar-refractivity contribution in [3.63, 3.8) is 0 Å². The highest BCUT2D eigenvalue weighted by Gasteiger charge is 2.27. The Bertz CT molecular complexity index is 954. The van der Waals surface area contributed by atoms with Gasteiger partial charge in [-0.05, 0) is 57.0 Å². The van der Waals surface area contributed by atoms with Crippen LogP contribution in [0.25, 0.3) is 0 Å². The highest BCUT2D eigenvalue weighted by Crippen LogP contribution is 2.22. The van der Waals surface area contributed by atoms with Gasteiger partial charge in [0.1, 0.15) is 0 Å². The lowest BCUT2D eigenvalue weighted by Crippen LogP contribution is -2.27. The van der Waals surface area contributed by atoms with Gasteiger partial charge in [0.15, 0.2) is 12.4 Å². The average molecular weight is 408 g/mol. The van der Waals surface area contributed by atoms with Crippen molar-refractivity contribution in [2.45, 2.75) is 31.6 Å². The summed E-state index contributed by atoms with van der Waals surface area (Å²) in [6.07, 6.45) is 1.73. The Morgan fingerprint density at radius 3 is 2.30 bits per heavy atom. The van der Waals surface area contributed by atoms with Crippen molar-refractivity contribution in [3.8, 4) is 0 Å². The first-order valence-corrected chi connectivity index (χ1v) is 10.9. The minimum Gasteiger partial charge on any atom is -0.454 e. The van der Waals surface area contributed by atoms with Crippen molar-refractivity contribution < 1.29 is 22.7 Å². The number of benzene rings is 1. The van der Waals surface area contributed by atoms with E-state index < -0.39 is 16.0 Å². The molecule has 1 aromatic heterocycles. The van der Waals surface area contributed by atoms with Crippen LogP contribution in [0.15, 0.2) is 35.2 Å². The molecule has 144 valence electrons. The van der Waals surface area contributed by atoms with Gasteiger partial charge in [-0.2, -0.15) is 4.31 Å². The highest BCUT2D eigenvalue weighted by atomic mass is 32.2. The van der Waals surface area contributed by atoms with Gasteiger partial charge >= 0.3 is 5.97 Å². The van der Waals surface area contributed by atoms with E-state index in [4.69, 9.17) is 4.74 Å². The molecule has 0 spiro atoms. The zero-order chi connectivity index (χ0) is 19.6. The normalized spacial score (nSPS) is 15.0. The molecular weight excluding hydrogens is 386 g/mol. The highest BCUT2D eigenvalue weighted by molar-refractivity contribution is 7.89. The standard InChI is InChI=1S/C19H21NO5S2/c1-13-11-17(14(2)26-13)19(22)25-12-18(21)15-5-7-16(8-6-15)27(23,24)20-9-3-4-10-20/h5-8,11H,3-4,9-10,12H2,1-2H3. The molecule has 0 N–H and O–H groups in total. The molecule has 0 atom stereocenters. The maximum atomic E-state index is 12.5. The van der Waals surface area contributed by atoms with Crippen molar-refractivity contribution in [1.82, 2.24) is 4.31 Å². The zero-order valence-electron chi connectivity index (χ0n) is 15.2. The third kappa shape index (κ3) is 4.28. The second kappa shape index (κ2) is 7.92. The van der Waals surface area contributed by atoms with Crippen LogP contribution in [0, 0.1) is 13.8 Å². The van der Waals surface area contributed by atoms with Gasteiger partial charge in [-0.1, -0.05) is 0 Å². The summed E-state index contributed by atoms with van der Waals surface area (Å²) in [6.45, 7) is 4.40. The molecule has 0 bridgehead atoms. The van der Waals surface area contributed by atoms with Crippen LogP contribution >= 0.6 is 11.3 Å². The lowest BCUT2D eigenvalue weighted by atomic mass is 10.1. The topological polar surface area (TPSA) is 80.8 Å². The second-order valence-electron chi connectivity index (χ2n) is 6.46. The minimum absolute atomic E-state index is 0.169. The lowest BCUT2D eigenvalue weighted by Gasteiger charge is -2.15. The molecule has 0 amide bonds. The molecule has 27 heavy (non-hydrogen) atoms. The predicted octanol–water partition coefficient (Wildman–Crippen LogP) is 3.19. The van der Waals surface area contributed by atoms with Crippen molar-refractivity contribution >= 4 is 33.1 Å². The van der Waals surface area contributed by atoms with E-state index in [1.54, 1.807) is 6.07 Å². The lowest BCUT2D eigenvalue weighted by molar-refractivity contribution is 0.0474. The average Bonchev–Trinajstić information content (AvgIpc) is 3.29. The van der Waals surface area contributed by atoms with Gasteiger partial charge in [-0.15, -0.1) is 11.3 Å². The van der Waals surface area contributed by atoms with E-state index in [9.17, 15) is 18.0 Å². The summed E-state index contributed by atoms with van der Waals surface area (Å²) in [5.41, 5.74) is 0.777. The number of carbonyl (C=O) groups excluding carboxylic acids is 2. The maximum absolute atomic E-state index is 12.5. The van der Waals surface area contributed by atoms with E-state index in [1.807, 2.05) is 13.8 Å². The molecule has 6 nitrogen and oxygen atoms in total. The predicted molar refractivity (Wildman–Crippen MR) is 103 cm³/mol. The van der Waals surface area contributed by atoms with Crippen LogP contribution in [-0.4, -0.2) is 44.2 Å². The summed E-state index contributed by atoms with van der Waals surface area (Å²) in [4.78, 5) is 26.4. The summed E-state index contributed by atoms with van der Waals surface area (Å²) < 4.78 is 31.6. The van der Waals surface area contributed by atoms with Gasteiger partial charge < -0.3 is 4.74 Å². The third-order valence-corrected chi connectivity index (χ3v) is 7.35. The van der Waals surface area contributed by atoms with Crippen LogP contribution in [-0.2, 0) is 14.8 Å². The third-order valence-electron chi connectivity index (χ3n) is 4.47. The van der Waals surface area contributed by atoms with E-state index >= 15 is 0 Å². The Morgan fingerprint density at radius 2 is 1.74 bits per heavy atom. The van der Waals surface area contributed by atoms with Gasteiger partial charge in [-0.3, -0.25) is 4.79 Å². The monoisotopic (exact) mass is 407 g/mol. The van der Waals surface area contributed by atoms with Crippen LogP contribution < -0.4 is 0 Å². The fourth-order valence-electron chi connectivity index (χ4n) is 3.02. The molecule has 0 radical (unpaired) electrons. The maximum Gasteiger partial charge on any atom is 0.339 e. The van der Waals surface area contributed by atoms with Crippen molar-refractivity contribution in [2.75, 3.05) is 19.7 Å². The molecule has 1 saturated heterocycles. The van der Waals surface area contributed by atoms with E-state index in [1.165, 1.54) is 39.9 Å². The number of carbonyl (C=O) groups is 2. The second-order valence-corrected chi connectivity index (χ2v) is 9.86. The molecular formula is C19H21NO5S2. The summed E-state index contributed by atoms with van der Waals surface area (Å²) in [6, 6.07) is 7.51. The van der Waals surface area contributed by atoms with E-state index in [2.05, 4.69) is 0 Å². The van der Waals surface area contributed by atoms with Crippen molar-refractivity contribution in [2.24, 2.45) is 0 Å². The number of hydrogen-bond donors (Lipinski definition) is 0. The Kier molecular flexibility index (Phi) is 5.78. The van der Waals surface area contributed by atoms with Crippen LogP contribution in [0.2, 0.25) is 0 Å². The fraction of sp³-hybridized carbons (Fsp3) is 0.368. The van der Waals surface area contributed by atoms with Gasteiger partial charge in [0.05, 0.1) is 10.5 Å². The minimum atomic E-state index is -3.51. The van der Waals surface area contributed by atoms with Crippen molar-refractivity contribution in [3.05, 3.63) is 51.2 Å². The molecule has 3 rings (SSSR count). The molecule has 1 aromatic carbocycles. The van der Waals surface area contributed by atoms with Gasteiger partial charge in [0.25, 0.3) is 0 Å². The first-order valence-electron chi connectivity index (χ1n) is 8.66. The van der Waals surface area contributed by atoms with Crippen LogP contribution in [0.1, 0.15) is 43.3 Å². The molecule has 0 aliphatic carbocycles. The van der Waals surface area contributed by atoms with E-state index in [0.717, 1.165) is 22.6 Å². The molecule has 2 heterocycles. The first kappa shape index (κ1) is 19.7. The van der Waals surface area contributed by atoms with Crippen LogP contribution in [0.4, 0.5) is 0 Å². The number of hydrogen-bond acceptors (Lipinski definition) is 6. The van der Waals surface area contributed by atoms with Gasteiger partial charge in [0, 0.05) is 28.4 Å². The molecule has 0 saturated carbocycles. The Hall–Kier alpha value is -2.03. The Morgan fingerprint density at radius 1 is 1.11 bits per heavy atom. The number of sulfonamides is 1. The number of thiophene rings is 1. The zero-order valence-corrected chi connectivity index (χ0v) is 16.9. The van der Waals surface area contributed by atoms with Crippen molar-refractivity contribution in [1.29, 1.82) is 0 Å².